The number of anilines is 2. The van der Waals surface area contributed by atoms with Crippen LogP contribution < -0.4 is 21.5 Å². The molecule has 0 spiro atoms. The number of hydrogen-bond acceptors (Lipinski definition) is 5. The molecule has 0 bridgehead atoms. The van der Waals surface area contributed by atoms with E-state index in [0.29, 0.717) is 23.5 Å². The molecular formula is C19H33N3O2Si. The predicted octanol–water partition coefficient (Wildman–Crippen LogP) is 2.78. The Hall–Kier alpha value is -1.14. The molecule has 1 saturated heterocycles. The Labute approximate surface area is 151 Å². The van der Waals surface area contributed by atoms with Gasteiger partial charge < -0.3 is 10.6 Å². The van der Waals surface area contributed by atoms with Gasteiger partial charge in [0.25, 0.3) is 10.9 Å². The predicted molar refractivity (Wildman–Crippen MR) is 108 cm³/mol. The Morgan fingerprint density at radius 1 is 0.920 bits per heavy atom. The minimum atomic E-state index is -1.32. The molecule has 0 aromatic heterocycles. The van der Waals surface area contributed by atoms with E-state index in [9.17, 15) is 9.59 Å². The van der Waals surface area contributed by atoms with Gasteiger partial charge in [0.2, 0.25) is 0 Å². The third kappa shape index (κ3) is 4.34. The van der Waals surface area contributed by atoms with Crippen molar-refractivity contribution in [2.45, 2.75) is 76.7 Å². The molecular weight excluding hydrogens is 330 g/mol. The van der Waals surface area contributed by atoms with Crippen LogP contribution in [0.5, 0.6) is 0 Å². The Balaban J connectivity index is 1.70. The first-order valence-corrected chi connectivity index (χ1v) is 13.7. The van der Waals surface area contributed by atoms with E-state index in [0.717, 1.165) is 12.6 Å². The summed E-state index contributed by atoms with van der Waals surface area (Å²) in [6.07, 6.45) is 9.49. The summed E-state index contributed by atoms with van der Waals surface area (Å²) in [6.45, 7) is 9.12. The third-order valence-corrected chi connectivity index (χ3v) is 6.86. The first-order valence-electron chi connectivity index (χ1n) is 9.94. The fourth-order valence-electron chi connectivity index (χ4n) is 4.20. The van der Waals surface area contributed by atoms with E-state index < -0.39 is 8.07 Å². The molecule has 0 radical (unpaired) electrons. The van der Waals surface area contributed by atoms with E-state index in [1.54, 1.807) is 0 Å². The Bertz CT molecular complexity index is 654. The lowest BCUT2D eigenvalue weighted by atomic mass is 9.87. The SMILES string of the molecule is C[Si](C)(C)CNc1c(N[C@H]2CCCC[C@@H]2N2CCCCC2)c(=O)c1=O. The molecule has 0 unspecified atom stereocenters. The van der Waals surface area contributed by atoms with Gasteiger partial charge >= 0.3 is 0 Å². The maximum absolute atomic E-state index is 12.1. The molecule has 3 rings (SSSR count). The van der Waals surface area contributed by atoms with Crippen molar-refractivity contribution in [2.75, 3.05) is 29.9 Å². The van der Waals surface area contributed by atoms with Gasteiger partial charge in [0.15, 0.2) is 0 Å². The second-order valence-corrected chi connectivity index (χ2v) is 14.5. The minimum absolute atomic E-state index is 0.294. The molecule has 25 heavy (non-hydrogen) atoms. The van der Waals surface area contributed by atoms with Crippen molar-refractivity contribution >= 4 is 19.4 Å². The van der Waals surface area contributed by atoms with Gasteiger partial charge in [-0.2, -0.15) is 0 Å². The zero-order valence-corrected chi connectivity index (χ0v) is 17.0. The summed E-state index contributed by atoms with van der Waals surface area (Å²) in [6, 6.07) is 0.797. The lowest BCUT2D eigenvalue weighted by molar-refractivity contribution is 0.120. The van der Waals surface area contributed by atoms with Crippen LogP contribution in [-0.2, 0) is 0 Å². The van der Waals surface area contributed by atoms with Gasteiger partial charge in [-0.3, -0.25) is 14.5 Å². The molecule has 2 atom stereocenters. The van der Waals surface area contributed by atoms with Gasteiger partial charge in [0.1, 0.15) is 11.4 Å². The van der Waals surface area contributed by atoms with E-state index in [2.05, 4.69) is 35.2 Å². The number of piperidine rings is 1. The summed E-state index contributed by atoms with van der Waals surface area (Å²) in [7, 11) is -1.32. The molecule has 6 heteroatoms. The largest absolute Gasteiger partial charge is 0.383 e. The van der Waals surface area contributed by atoms with E-state index in [1.165, 1.54) is 51.6 Å². The van der Waals surface area contributed by atoms with Crippen molar-refractivity contribution in [1.82, 2.24) is 4.90 Å². The van der Waals surface area contributed by atoms with E-state index in [1.807, 2.05) is 0 Å². The van der Waals surface area contributed by atoms with E-state index in [4.69, 9.17) is 0 Å². The minimum Gasteiger partial charge on any atom is -0.383 e. The molecule has 1 aliphatic carbocycles. The van der Waals surface area contributed by atoms with Gasteiger partial charge in [-0.15, -0.1) is 0 Å². The normalized spacial score (nSPS) is 25.9. The third-order valence-electron chi connectivity index (χ3n) is 5.62. The molecule has 5 nitrogen and oxygen atoms in total. The number of nitrogens with one attached hydrogen (secondary N) is 2. The van der Waals surface area contributed by atoms with Crippen LogP contribution >= 0.6 is 0 Å². The molecule has 0 amide bonds. The number of nitrogens with zero attached hydrogens (tertiary/aromatic N) is 1. The topological polar surface area (TPSA) is 61.4 Å². The molecule has 1 heterocycles. The molecule has 2 N–H and O–H groups in total. The average molecular weight is 364 g/mol. The lowest BCUT2D eigenvalue weighted by Crippen LogP contribution is -2.52. The zero-order valence-electron chi connectivity index (χ0n) is 16.0. The van der Waals surface area contributed by atoms with Crippen molar-refractivity contribution in [1.29, 1.82) is 0 Å². The highest BCUT2D eigenvalue weighted by Gasteiger charge is 2.33. The summed E-state index contributed by atoms with van der Waals surface area (Å²) in [5.41, 5.74) is 0.416. The summed E-state index contributed by atoms with van der Waals surface area (Å²) in [4.78, 5) is 26.8. The van der Waals surface area contributed by atoms with Crippen LogP contribution in [0.25, 0.3) is 0 Å². The molecule has 2 aliphatic rings. The Morgan fingerprint density at radius 2 is 1.56 bits per heavy atom. The Morgan fingerprint density at radius 3 is 2.24 bits per heavy atom. The van der Waals surface area contributed by atoms with Gasteiger partial charge in [0.05, 0.1) is 8.07 Å². The van der Waals surface area contributed by atoms with Gasteiger partial charge in [-0.25, -0.2) is 0 Å². The van der Waals surface area contributed by atoms with E-state index in [-0.39, 0.29) is 10.9 Å². The standard InChI is InChI=1S/C19H33N3O2Si/c1-25(2,3)13-20-16-17(19(24)18(16)23)21-14-9-5-6-10-15(14)22-11-7-4-8-12-22/h14-15,20-21H,4-13H2,1-3H3/t14-,15-/m0/s1. The summed E-state index contributed by atoms with van der Waals surface area (Å²) in [5, 5.41) is 6.76. The monoisotopic (exact) mass is 363 g/mol. The molecule has 1 aromatic carbocycles. The Kier molecular flexibility index (Phi) is 5.68. The van der Waals surface area contributed by atoms with Crippen LogP contribution in [0.2, 0.25) is 19.6 Å². The number of likely N-dealkylation sites (tertiary alicyclic amines) is 1. The first kappa shape index (κ1) is 18.6. The summed E-state index contributed by atoms with van der Waals surface area (Å²) in [5.74, 6) is 0. The molecule has 1 saturated carbocycles. The highest BCUT2D eigenvalue weighted by molar-refractivity contribution is 6.76. The first-order chi connectivity index (χ1) is 11.9. The fourth-order valence-corrected chi connectivity index (χ4v) is 4.91. The highest BCUT2D eigenvalue weighted by Crippen LogP contribution is 2.29. The van der Waals surface area contributed by atoms with Crippen molar-refractivity contribution in [3.05, 3.63) is 20.4 Å². The molecule has 1 aliphatic heterocycles. The van der Waals surface area contributed by atoms with Crippen molar-refractivity contribution in [3.8, 4) is 0 Å². The van der Waals surface area contributed by atoms with Crippen molar-refractivity contribution < 1.29 is 0 Å². The van der Waals surface area contributed by atoms with Crippen LogP contribution in [0.3, 0.4) is 0 Å². The quantitative estimate of drug-likeness (QED) is 0.601. The molecule has 140 valence electrons. The second-order valence-electron chi connectivity index (χ2n) is 9.02. The fraction of sp³-hybridized carbons (Fsp3) is 0.789. The van der Waals surface area contributed by atoms with Crippen molar-refractivity contribution in [3.63, 3.8) is 0 Å². The average Bonchev–Trinajstić information content (AvgIpc) is 2.60. The van der Waals surface area contributed by atoms with Crippen LogP contribution in [0.15, 0.2) is 9.59 Å². The van der Waals surface area contributed by atoms with Crippen molar-refractivity contribution in [2.24, 2.45) is 0 Å². The van der Waals surface area contributed by atoms with Crippen LogP contribution in [0, 0.1) is 0 Å². The van der Waals surface area contributed by atoms with Gasteiger partial charge in [-0.05, 0) is 38.8 Å². The maximum atomic E-state index is 12.1. The number of rotatable bonds is 6. The van der Waals surface area contributed by atoms with Crippen LogP contribution in [0.1, 0.15) is 44.9 Å². The highest BCUT2D eigenvalue weighted by atomic mass is 28.3. The summed E-state index contributed by atoms with van der Waals surface area (Å²) >= 11 is 0. The van der Waals surface area contributed by atoms with Crippen LogP contribution in [0.4, 0.5) is 11.4 Å². The second kappa shape index (κ2) is 7.62. The maximum Gasteiger partial charge on any atom is 0.253 e. The summed E-state index contributed by atoms with van der Waals surface area (Å²) < 4.78 is 0. The van der Waals surface area contributed by atoms with Crippen LogP contribution in [-0.4, -0.2) is 44.3 Å². The van der Waals surface area contributed by atoms with E-state index >= 15 is 0 Å². The smallest absolute Gasteiger partial charge is 0.253 e. The zero-order chi connectivity index (χ0) is 18.0. The number of hydrogen-bond donors (Lipinski definition) is 2. The lowest BCUT2D eigenvalue weighted by Gasteiger charge is -2.42. The molecule has 2 fully saturated rings. The van der Waals surface area contributed by atoms with Gasteiger partial charge in [-0.1, -0.05) is 38.9 Å². The molecule has 1 aromatic rings. The van der Waals surface area contributed by atoms with Gasteiger partial charge in [0, 0.05) is 18.3 Å².